The molecule has 0 aliphatic heterocycles. The molecule has 0 spiro atoms. The van der Waals surface area contributed by atoms with Crippen LogP contribution in [0.4, 0.5) is 8.78 Å². The minimum Gasteiger partial charge on any atom is -0.463 e. The van der Waals surface area contributed by atoms with Crippen LogP contribution in [0.15, 0.2) is 79.1 Å². The van der Waals surface area contributed by atoms with E-state index in [0.29, 0.717) is 27.7 Å². The molecule has 0 bridgehead atoms. The Labute approximate surface area is 222 Å². The predicted octanol–water partition coefficient (Wildman–Crippen LogP) is 6.46. The average molecular weight is 530 g/mol. The highest BCUT2D eigenvalue weighted by Crippen LogP contribution is 2.37. The van der Waals surface area contributed by atoms with E-state index in [4.69, 9.17) is 9.47 Å². The number of aliphatic hydroxyl groups is 1. The molecular weight excluding hydrogens is 504 g/mol. The van der Waals surface area contributed by atoms with Gasteiger partial charge in [-0.1, -0.05) is 30.3 Å². The number of nitrogens with zero attached hydrogens (tertiary/aromatic N) is 1. The number of aromatic nitrogens is 3. The Morgan fingerprint density at radius 2 is 1.90 bits per heavy atom. The van der Waals surface area contributed by atoms with Gasteiger partial charge in [0, 0.05) is 34.8 Å². The van der Waals surface area contributed by atoms with E-state index >= 15 is 4.39 Å². The third kappa shape index (κ3) is 5.17. The first-order chi connectivity index (χ1) is 18.8. The summed E-state index contributed by atoms with van der Waals surface area (Å²) in [5.74, 6) is -1.70. The van der Waals surface area contributed by atoms with E-state index in [9.17, 15) is 14.3 Å². The van der Waals surface area contributed by atoms with E-state index < -0.39 is 23.2 Å². The van der Waals surface area contributed by atoms with Gasteiger partial charge in [-0.2, -0.15) is 0 Å². The molecule has 5 rings (SSSR count). The fourth-order valence-corrected chi connectivity index (χ4v) is 4.28. The van der Waals surface area contributed by atoms with Crippen LogP contribution in [-0.2, 0) is 15.1 Å². The Morgan fingerprint density at radius 3 is 2.67 bits per heavy atom. The van der Waals surface area contributed by atoms with Crippen LogP contribution in [0.25, 0.3) is 28.4 Å². The number of rotatable bonds is 8. The molecule has 2 heterocycles. The van der Waals surface area contributed by atoms with Gasteiger partial charge in [-0.05, 0) is 49.8 Å². The molecule has 9 heteroatoms. The van der Waals surface area contributed by atoms with Crippen molar-refractivity contribution in [2.45, 2.75) is 19.4 Å². The summed E-state index contributed by atoms with van der Waals surface area (Å²) in [6, 6.07) is 15.9. The van der Waals surface area contributed by atoms with Gasteiger partial charge in [0.2, 0.25) is 0 Å². The highest BCUT2D eigenvalue weighted by molar-refractivity contribution is 5.96. The molecule has 3 aromatic carbocycles. The van der Waals surface area contributed by atoms with Gasteiger partial charge in [0.15, 0.2) is 11.6 Å². The van der Waals surface area contributed by atoms with Gasteiger partial charge in [-0.25, -0.2) is 18.6 Å². The first-order valence-corrected chi connectivity index (χ1v) is 12.2. The lowest BCUT2D eigenvalue weighted by atomic mass is 9.93. The predicted molar refractivity (Wildman–Crippen MR) is 143 cm³/mol. The van der Waals surface area contributed by atoms with Crippen molar-refractivity contribution in [1.29, 1.82) is 0 Å². The van der Waals surface area contributed by atoms with Crippen molar-refractivity contribution in [2.75, 3.05) is 6.61 Å². The van der Waals surface area contributed by atoms with Crippen molar-refractivity contribution in [3.63, 3.8) is 0 Å². The summed E-state index contributed by atoms with van der Waals surface area (Å²) < 4.78 is 41.0. The van der Waals surface area contributed by atoms with Crippen molar-refractivity contribution in [3.8, 4) is 22.9 Å². The second-order valence-corrected chi connectivity index (χ2v) is 8.95. The van der Waals surface area contributed by atoms with Crippen LogP contribution in [0.3, 0.4) is 0 Å². The number of esters is 1. The van der Waals surface area contributed by atoms with Gasteiger partial charge < -0.3 is 24.5 Å². The minimum atomic E-state index is -1.40. The van der Waals surface area contributed by atoms with Crippen LogP contribution in [0.5, 0.6) is 11.5 Å². The van der Waals surface area contributed by atoms with E-state index in [2.05, 4.69) is 15.0 Å². The zero-order valence-corrected chi connectivity index (χ0v) is 21.2. The summed E-state index contributed by atoms with van der Waals surface area (Å²) in [6.07, 6.45) is 5.69. The number of carbonyl (C=O) groups excluding carboxylic acids is 1. The number of ether oxygens (including phenoxy) is 2. The van der Waals surface area contributed by atoms with Gasteiger partial charge >= 0.3 is 5.97 Å². The second kappa shape index (κ2) is 10.5. The average Bonchev–Trinajstić information content (AvgIpc) is 3.61. The van der Waals surface area contributed by atoms with Crippen LogP contribution < -0.4 is 4.74 Å². The summed E-state index contributed by atoms with van der Waals surface area (Å²) >= 11 is 0. The molecule has 2 aromatic heterocycles. The Morgan fingerprint density at radius 1 is 1.10 bits per heavy atom. The lowest BCUT2D eigenvalue weighted by Gasteiger charge is -2.22. The van der Waals surface area contributed by atoms with Gasteiger partial charge in [-0.3, -0.25) is 0 Å². The van der Waals surface area contributed by atoms with Crippen LogP contribution >= 0.6 is 0 Å². The van der Waals surface area contributed by atoms with Crippen molar-refractivity contribution >= 4 is 22.9 Å². The summed E-state index contributed by atoms with van der Waals surface area (Å²) in [7, 11) is 0. The highest BCUT2D eigenvalue weighted by Gasteiger charge is 2.28. The largest absolute Gasteiger partial charge is 0.463 e. The zero-order valence-electron chi connectivity index (χ0n) is 21.2. The lowest BCUT2D eigenvalue weighted by molar-refractivity contribution is -0.137. The summed E-state index contributed by atoms with van der Waals surface area (Å²) in [5, 5.41) is 11.7. The fraction of sp³-hybridized carbons (Fsp3) is 0.133. The number of hydrogen-bond acceptors (Lipinski definition) is 5. The van der Waals surface area contributed by atoms with Crippen molar-refractivity contribution in [3.05, 3.63) is 108 Å². The number of hydrogen-bond donors (Lipinski definition) is 3. The van der Waals surface area contributed by atoms with Crippen molar-refractivity contribution in [2.24, 2.45) is 0 Å². The number of H-pyrrole nitrogens is 2. The third-order valence-corrected chi connectivity index (χ3v) is 6.32. The number of aromatic amines is 2. The summed E-state index contributed by atoms with van der Waals surface area (Å²) in [6.45, 7) is 3.49. The smallest absolute Gasteiger partial charge is 0.330 e. The van der Waals surface area contributed by atoms with E-state index in [1.54, 1.807) is 38.2 Å². The fourth-order valence-electron chi connectivity index (χ4n) is 4.28. The van der Waals surface area contributed by atoms with Crippen LogP contribution in [0.1, 0.15) is 30.7 Å². The number of halogens is 2. The highest BCUT2D eigenvalue weighted by atomic mass is 19.1. The van der Waals surface area contributed by atoms with Crippen LogP contribution in [0, 0.1) is 11.6 Å². The molecule has 1 atom stereocenters. The molecule has 3 N–H and O–H groups in total. The lowest BCUT2D eigenvalue weighted by Crippen LogP contribution is -2.23. The number of imidazole rings is 1. The molecule has 39 heavy (non-hydrogen) atoms. The standard InChI is InChI=1S/C30H25F2N3O4/c1-3-38-27(36)12-10-21-20-13-14-33-25(20)16-24(32)28(21)39-19-9-11-23(31)22(15-19)29-34-17-26(35-29)30(2,37)18-7-5-4-6-8-18/h4-17,33,37H,3H2,1-2H3,(H,34,35)/b12-10+. The molecule has 0 aliphatic carbocycles. The van der Waals surface area contributed by atoms with E-state index in [0.717, 1.165) is 0 Å². The SMILES string of the molecule is CCOC(=O)/C=C/c1c(Oc2ccc(F)c(-c3ncc(C(C)(O)c4ccccc4)[nH]3)c2)c(F)cc2[nH]ccc12. The number of nitrogens with one attached hydrogen (secondary N) is 2. The molecule has 198 valence electrons. The molecule has 0 radical (unpaired) electrons. The number of carbonyl (C=O) groups is 1. The van der Waals surface area contributed by atoms with Crippen molar-refractivity contribution in [1.82, 2.24) is 15.0 Å². The number of benzene rings is 3. The maximum absolute atomic E-state index is 15.2. The monoisotopic (exact) mass is 529 g/mol. The van der Waals surface area contributed by atoms with E-state index in [1.165, 1.54) is 42.6 Å². The molecule has 0 amide bonds. The van der Waals surface area contributed by atoms with Gasteiger partial charge in [0.25, 0.3) is 0 Å². The van der Waals surface area contributed by atoms with E-state index in [1.807, 2.05) is 18.2 Å². The molecule has 0 saturated heterocycles. The normalized spacial score (nSPS) is 13.1. The first kappa shape index (κ1) is 25.9. The molecular formula is C30H25F2N3O4. The molecule has 5 aromatic rings. The minimum absolute atomic E-state index is 0.0642. The third-order valence-electron chi connectivity index (χ3n) is 6.32. The quantitative estimate of drug-likeness (QED) is 0.158. The Hall–Kier alpha value is -4.76. The second-order valence-electron chi connectivity index (χ2n) is 8.95. The molecule has 0 saturated carbocycles. The summed E-state index contributed by atoms with van der Waals surface area (Å²) in [5.41, 5.74) is 0.490. The van der Waals surface area contributed by atoms with Crippen molar-refractivity contribution < 1.29 is 28.2 Å². The Bertz CT molecular complexity index is 1670. The van der Waals surface area contributed by atoms with Gasteiger partial charge in [-0.15, -0.1) is 0 Å². The Balaban J connectivity index is 1.51. The van der Waals surface area contributed by atoms with Gasteiger partial charge in [0.1, 0.15) is 23.0 Å². The molecule has 0 fully saturated rings. The van der Waals surface area contributed by atoms with Crippen LogP contribution in [0.2, 0.25) is 0 Å². The first-order valence-electron chi connectivity index (χ1n) is 12.2. The van der Waals surface area contributed by atoms with Crippen LogP contribution in [-0.4, -0.2) is 32.6 Å². The Kier molecular flexibility index (Phi) is 7.00. The zero-order chi connectivity index (χ0) is 27.6. The topological polar surface area (TPSA) is 100 Å². The maximum Gasteiger partial charge on any atom is 0.330 e. The van der Waals surface area contributed by atoms with E-state index in [-0.39, 0.29) is 29.5 Å². The summed E-state index contributed by atoms with van der Waals surface area (Å²) in [4.78, 5) is 22.1. The molecule has 1 unspecified atom stereocenters. The molecule has 0 aliphatic rings. The number of fused-ring (bicyclic) bond motifs is 1. The molecule has 7 nitrogen and oxygen atoms in total. The maximum atomic E-state index is 15.2. The van der Waals surface area contributed by atoms with Gasteiger partial charge in [0.05, 0.1) is 24.1 Å².